The first kappa shape index (κ1) is 16.3. The molecule has 5 nitrogen and oxygen atoms in total. The number of rotatable bonds is 5. The van der Waals surface area contributed by atoms with E-state index in [9.17, 15) is 14.7 Å². The molecule has 0 aliphatic carbocycles. The summed E-state index contributed by atoms with van der Waals surface area (Å²) in [6.07, 6.45) is 0.310. The van der Waals surface area contributed by atoms with Gasteiger partial charge < -0.3 is 20.5 Å². The van der Waals surface area contributed by atoms with Gasteiger partial charge in [0.2, 0.25) is 0 Å². The Balaban J connectivity index is 2.65. The number of aliphatic carboxylic acids is 1. The molecule has 0 unspecified atom stereocenters. The summed E-state index contributed by atoms with van der Waals surface area (Å²) in [5.74, 6) is -1.16. The van der Waals surface area contributed by atoms with E-state index < -0.39 is 18.0 Å². The average Bonchev–Trinajstić information content (AvgIpc) is 2.32. The Bertz CT molecular complexity index is 503. The minimum atomic E-state index is -1.30. The van der Waals surface area contributed by atoms with Gasteiger partial charge in [-0.15, -0.1) is 0 Å². The predicted octanol–water partition coefficient (Wildman–Crippen LogP) is 1.93. The zero-order valence-electron chi connectivity index (χ0n) is 11.7. The number of hydrogen-bond donors (Lipinski definition) is 2. The molecule has 0 aromatic heterocycles. The van der Waals surface area contributed by atoms with Gasteiger partial charge in [0.25, 0.3) is 0 Å². The van der Waals surface area contributed by atoms with E-state index in [-0.39, 0.29) is 5.92 Å². The van der Waals surface area contributed by atoms with E-state index in [1.165, 1.54) is 0 Å². The lowest BCUT2D eigenvalue weighted by Crippen LogP contribution is -2.49. The van der Waals surface area contributed by atoms with Crippen LogP contribution in [0.4, 0.5) is 10.5 Å². The first-order chi connectivity index (χ1) is 9.29. The Labute approximate surface area is 123 Å². The molecular weight excluding hydrogens is 280 g/mol. The van der Waals surface area contributed by atoms with E-state index in [4.69, 9.17) is 11.6 Å². The molecular formula is C14H18ClN2O3-. The van der Waals surface area contributed by atoms with E-state index >= 15 is 0 Å². The quantitative estimate of drug-likeness (QED) is 0.871. The van der Waals surface area contributed by atoms with Gasteiger partial charge in [0.05, 0.1) is 12.0 Å². The fraction of sp³-hybridized carbons (Fsp3) is 0.429. The van der Waals surface area contributed by atoms with E-state index in [1.54, 1.807) is 18.2 Å². The molecule has 0 spiro atoms. The summed E-state index contributed by atoms with van der Waals surface area (Å²) >= 11 is 5.95. The van der Waals surface area contributed by atoms with Gasteiger partial charge >= 0.3 is 6.03 Å². The number of carbonyl (C=O) groups is 2. The number of amides is 2. The lowest BCUT2D eigenvalue weighted by atomic mass is 10.0. The summed E-state index contributed by atoms with van der Waals surface area (Å²) in [6, 6.07) is 3.45. The number of nitrogens with one attached hydrogen (secondary N) is 2. The van der Waals surface area contributed by atoms with E-state index in [2.05, 4.69) is 10.6 Å². The molecule has 2 amide bonds. The lowest BCUT2D eigenvalue weighted by Gasteiger charge is -2.21. The molecule has 0 aliphatic rings. The molecule has 1 rings (SSSR count). The van der Waals surface area contributed by atoms with Crippen LogP contribution in [0.5, 0.6) is 0 Å². The molecule has 2 N–H and O–H groups in total. The van der Waals surface area contributed by atoms with Crippen LogP contribution in [0.2, 0.25) is 5.02 Å². The number of hydrogen-bond acceptors (Lipinski definition) is 3. The van der Waals surface area contributed by atoms with E-state index in [1.807, 2.05) is 20.8 Å². The second-order valence-corrected chi connectivity index (χ2v) is 5.47. The highest BCUT2D eigenvalue weighted by atomic mass is 35.5. The molecule has 20 heavy (non-hydrogen) atoms. The Hall–Kier alpha value is -1.75. The van der Waals surface area contributed by atoms with E-state index in [0.29, 0.717) is 17.1 Å². The van der Waals surface area contributed by atoms with E-state index in [0.717, 1.165) is 5.56 Å². The molecule has 0 saturated heterocycles. The third-order valence-electron chi connectivity index (χ3n) is 2.73. The Morgan fingerprint density at radius 1 is 1.35 bits per heavy atom. The van der Waals surface area contributed by atoms with Gasteiger partial charge in [-0.05, 0) is 37.0 Å². The normalized spacial score (nSPS) is 12.1. The molecule has 1 aromatic rings. The van der Waals surface area contributed by atoms with Gasteiger partial charge in [-0.3, -0.25) is 0 Å². The second kappa shape index (κ2) is 7.14. The van der Waals surface area contributed by atoms with Crippen LogP contribution < -0.4 is 15.7 Å². The minimum Gasteiger partial charge on any atom is -0.548 e. The second-order valence-electron chi connectivity index (χ2n) is 5.06. The van der Waals surface area contributed by atoms with Crippen LogP contribution >= 0.6 is 11.6 Å². The van der Waals surface area contributed by atoms with Crippen molar-refractivity contribution >= 4 is 29.3 Å². The molecule has 1 aromatic carbocycles. The van der Waals surface area contributed by atoms with Crippen LogP contribution in [0, 0.1) is 12.8 Å². The predicted molar refractivity (Wildman–Crippen MR) is 76.6 cm³/mol. The molecule has 0 bridgehead atoms. The fourth-order valence-corrected chi connectivity index (χ4v) is 1.86. The molecule has 0 fully saturated rings. The molecule has 1 atom stereocenters. The maximum atomic E-state index is 11.7. The number of carbonyl (C=O) groups excluding carboxylic acids is 2. The first-order valence-electron chi connectivity index (χ1n) is 6.34. The third kappa shape index (κ3) is 5.09. The van der Waals surface area contributed by atoms with Crippen LogP contribution in [0.3, 0.4) is 0 Å². The van der Waals surface area contributed by atoms with Gasteiger partial charge in [0, 0.05) is 10.7 Å². The van der Waals surface area contributed by atoms with Crippen molar-refractivity contribution in [3.8, 4) is 0 Å². The molecule has 110 valence electrons. The average molecular weight is 298 g/mol. The molecule has 6 heteroatoms. The zero-order chi connectivity index (χ0) is 15.3. The zero-order valence-corrected chi connectivity index (χ0v) is 12.5. The van der Waals surface area contributed by atoms with Crippen molar-refractivity contribution in [2.45, 2.75) is 33.2 Å². The number of urea groups is 1. The maximum Gasteiger partial charge on any atom is 0.319 e. The Morgan fingerprint density at radius 3 is 2.50 bits per heavy atom. The maximum absolute atomic E-state index is 11.7. The highest BCUT2D eigenvalue weighted by Gasteiger charge is 2.15. The number of halogens is 1. The smallest absolute Gasteiger partial charge is 0.319 e. The SMILES string of the molecule is Cc1ccc(NC(=O)N[C@@H](CC(C)C)C(=O)[O-])cc1Cl. The summed E-state index contributed by atoms with van der Waals surface area (Å²) in [5.41, 5.74) is 1.39. The number of aryl methyl sites for hydroxylation is 1. The molecule has 0 saturated carbocycles. The minimum absolute atomic E-state index is 0.131. The number of benzene rings is 1. The topological polar surface area (TPSA) is 81.3 Å². The van der Waals surface area contributed by atoms with Crippen molar-refractivity contribution in [1.82, 2.24) is 5.32 Å². The molecule has 0 radical (unpaired) electrons. The summed E-state index contributed by atoms with van der Waals surface area (Å²) in [6.45, 7) is 5.59. The summed E-state index contributed by atoms with van der Waals surface area (Å²) in [7, 11) is 0. The third-order valence-corrected chi connectivity index (χ3v) is 3.13. The van der Waals surface area contributed by atoms with Crippen LogP contribution in [0.1, 0.15) is 25.8 Å². The van der Waals surface area contributed by atoms with Gasteiger partial charge in [0.1, 0.15) is 0 Å². The van der Waals surface area contributed by atoms with Crippen molar-refractivity contribution in [2.24, 2.45) is 5.92 Å². The summed E-state index contributed by atoms with van der Waals surface area (Å²) in [5, 5.41) is 16.4. The molecule has 0 heterocycles. The van der Waals surface area contributed by atoms with Crippen LogP contribution in [0.25, 0.3) is 0 Å². The summed E-state index contributed by atoms with van der Waals surface area (Å²) < 4.78 is 0. The van der Waals surface area contributed by atoms with Gasteiger partial charge in [-0.2, -0.15) is 0 Å². The fourth-order valence-electron chi connectivity index (χ4n) is 1.68. The number of carboxylic acids is 1. The van der Waals surface area contributed by atoms with Crippen molar-refractivity contribution < 1.29 is 14.7 Å². The highest BCUT2D eigenvalue weighted by molar-refractivity contribution is 6.31. The van der Waals surface area contributed by atoms with Crippen LogP contribution in [-0.2, 0) is 4.79 Å². The van der Waals surface area contributed by atoms with Gasteiger partial charge in [-0.1, -0.05) is 31.5 Å². The number of anilines is 1. The van der Waals surface area contributed by atoms with Gasteiger partial charge in [-0.25, -0.2) is 4.79 Å². The van der Waals surface area contributed by atoms with Crippen molar-refractivity contribution in [2.75, 3.05) is 5.32 Å². The van der Waals surface area contributed by atoms with Crippen molar-refractivity contribution in [3.63, 3.8) is 0 Å². The first-order valence-corrected chi connectivity index (χ1v) is 6.72. The highest BCUT2D eigenvalue weighted by Crippen LogP contribution is 2.19. The monoisotopic (exact) mass is 297 g/mol. The van der Waals surface area contributed by atoms with Crippen molar-refractivity contribution in [3.05, 3.63) is 28.8 Å². The molecule has 0 aliphatic heterocycles. The van der Waals surface area contributed by atoms with Crippen LogP contribution in [-0.4, -0.2) is 18.0 Å². The van der Waals surface area contributed by atoms with Crippen molar-refractivity contribution in [1.29, 1.82) is 0 Å². The number of carboxylic acid groups (broad SMARTS) is 1. The standard InChI is InChI=1S/C14H19ClN2O3/c1-8(2)6-12(13(18)19)17-14(20)16-10-5-4-9(3)11(15)7-10/h4-5,7-8,12H,6H2,1-3H3,(H,18,19)(H2,16,17,20)/p-1/t12-/m0/s1. The lowest BCUT2D eigenvalue weighted by molar-refractivity contribution is -0.308. The Kier molecular flexibility index (Phi) is 5.82. The largest absolute Gasteiger partial charge is 0.548 e. The van der Waals surface area contributed by atoms with Gasteiger partial charge in [0.15, 0.2) is 0 Å². The van der Waals surface area contributed by atoms with Crippen LogP contribution in [0.15, 0.2) is 18.2 Å². The summed E-state index contributed by atoms with van der Waals surface area (Å²) in [4.78, 5) is 22.7. The Morgan fingerprint density at radius 2 is 2.00 bits per heavy atom.